The van der Waals surface area contributed by atoms with Gasteiger partial charge in [-0.25, -0.2) is 4.90 Å². The van der Waals surface area contributed by atoms with Crippen LogP contribution in [0.5, 0.6) is 5.75 Å². The maximum absolute atomic E-state index is 13.6. The quantitative estimate of drug-likeness (QED) is 0.380. The summed E-state index contributed by atoms with van der Waals surface area (Å²) >= 11 is 6.14. The predicted molar refractivity (Wildman–Crippen MR) is 141 cm³/mol. The molecule has 0 radical (unpaired) electrons. The highest BCUT2D eigenvalue weighted by molar-refractivity contribution is 6.30. The summed E-state index contributed by atoms with van der Waals surface area (Å²) in [5.74, 6) is -0.0771. The molecule has 6 nitrogen and oxygen atoms in total. The Bertz CT molecular complexity index is 1260. The van der Waals surface area contributed by atoms with Crippen LogP contribution in [0.2, 0.25) is 5.02 Å². The van der Waals surface area contributed by atoms with Crippen LogP contribution >= 0.6 is 11.6 Å². The van der Waals surface area contributed by atoms with Crippen molar-refractivity contribution in [3.8, 4) is 5.75 Å². The maximum Gasteiger partial charge on any atom is 0.257 e. The van der Waals surface area contributed by atoms with Crippen molar-refractivity contribution in [1.82, 2.24) is 4.90 Å². The lowest BCUT2D eigenvalue weighted by atomic mass is 10.0. The van der Waals surface area contributed by atoms with Crippen LogP contribution in [0.25, 0.3) is 0 Å². The van der Waals surface area contributed by atoms with Gasteiger partial charge in [0.25, 0.3) is 11.8 Å². The Morgan fingerprint density at radius 2 is 1.75 bits per heavy atom. The van der Waals surface area contributed by atoms with E-state index in [2.05, 4.69) is 13.8 Å². The number of methoxy groups -OCH3 is 1. The van der Waals surface area contributed by atoms with Crippen LogP contribution in [-0.2, 0) is 16.0 Å². The van der Waals surface area contributed by atoms with Crippen molar-refractivity contribution in [1.29, 1.82) is 0 Å². The van der Waals surface area contributed by atoms with Gasteiger partial charge in [0, 0.05) is 17.1 Å². The Kier molecular flexibility index (Phi) is 7.75. The second-order valence-corrected chi connectivity index (χ2v) is 9.58. The van der Waals surface area contributed by atoms with Crippen molar-refractivity contribution in [2.45, 2.75) is 38.6 Å². The molecule has 1 unspecified atom stereocenters. The van der Waals surface area contributed by atoms with Crippen LogP contribution in [0, 0.1) is 0 Å². The molecule has 3 aromatic carbocycles. The zero-order valence-corrected chi connectivity index (χ0v) is 21.4. The van der Waals surface area contributed by atoms with Crippen LogP contribution < -0.4 is 9.64 Å². The highest BCUT2D eigenvalue weighted by Crippen LogP contribution is 2.29. The van der Waals surface area contributed by atoms with Gasteiger partial charge in [0.15, 0.2) is 0 Å². The fraction of sp³-hybridized carbons (Fsp3) is 0.276. The molecule has 1 fully saturated rings. The van der Waals surface area contributed by atoms with Crippen LogP contribution in [-0.4, -0.2) is 42.3 Å². The van der Waals surface area contributed by atoms with Crippen LogP contribution in [0.15, 0.2) is 72.8 Å². The number of halogens is 1. The zero-order valence-electron chi connectivity index (χ0n) is 20.6. The second kappa shape index (κ2) is 11.0. The number of amides is 3. The minimum Gasteiger partial charge on any atom is -0.497 e. The van der Waals surface area contributed by atoms with Crippen molar-refractivity contribution >= 4 is 35.0 Å². The Morgan fingerprint density at radius 1 is 1.06 bits per heavy atom. The average molecular weight is 505 g/mol. The summed E-state index contributed by atoms with van der Waals surface area (Å²) in [7, 11) is 1.55. The highest BCUT2D eigenvalue weighted by atomic mass is 35.5. The summed E-state index contributed by atoms with van der Waals surface area (Å²) in [6, 6.07) is 20.6. The number of carbonyl (C=O) groups excluding carboxylic acids is 3. The molecular formula is C29H29ClN2O4. The SMILES string of the molecule is COc1ccc(C(=O)N(CCc2cccc(Cl)c2)C2CC(=O)N(c3ccc(C(C)C)cc3)C2=O)cc1. The van der Waals surface area contributed by atoms with Gasteiger partial charge < -0.3 is 9.64 Å². The number of carbonyl (C=O) groups is 3. The van der Waals surface area contributed by atoms with Crippen molar-refractivity contribution in [3.63, 3.8) is 0 Å². The average Bonchev–Trinajstić information content (AvgIpc) is 3.17. The number of rotatable bonds is 8. The highest BCUT2D eigenvalue weighted by Gasteiger charge is 2.44. The first-order chi connectivity index (χ1) is 17.3. The van der Waals surface area contributed by atoms with E-state index in [1.165, 1.54) is 9.80 Å². The van der Waals surface area contributed by atoms with Gasteiger partial charge in [-0.1, -0.05) is 49.7 Å². The van der Waals surface area contributed by atoms with E-state index in [1.54, 1.807) is 49.6 Å². The van der Waals surface area contributed by atoms with Gasteiger partial charge in [-0.3, -0.25) is 14.4 Å². The summed E-state index contributed by atoms with van der Waals surface area (Å²) in [4.78, 5) is 42.9. The number of benzene rings is 3. The largest absolute Gasteiger partial charge is 0.497 e. The van der Waals surface area contributed by atoms with E-state index in [-0.39, 0.29) is 24.8 Å². The molecule has 0 spiro atoms. The van der Waals surface area contributed by atoms with E-state index in [0.717, 1.165) is 11.1 Å². The van der Waals surface area contributed by atoms with E-state index in [0.29, 0.717) is 34.4 Å². The van der Waals surface area contributed by atoms with Gasteiger partial charge >= 0.3 is 0 Å². The summed E-state index contributed by atoms with van der Waals surface area (Å²) < 4.78 is 5.20. The van der Waals surface area contributed by atoms with Crippen molar-refractivity contribution in [2.75, 3.05) is 18.6 Å². The molecule has 1 heterocycles. The van der Waals surface area contributed by atoms with E-state index in [4.69, 9.17) is 16.3 Å². The van der Waals surface area contributed by atoms with Gasteiger partial charge in [-0.15, -0.1) is 0 Å². The summed E-state index contributed by atoms with van der Waals surface area (Å²) in [6.45, 7) is 4.43. The van der Waals surface area contributed by atoms with Crippen molar-refractivity contribution < 1.29 is 19.1 Å². The van der Waals surface area contributed by atoms with Crippen LogP contribution in [0.3, 0.4) is 0 Å². The Morgan fingerprint density at radius 3 is 2.36 bits per heavy atom. The lowest BCUT2D eigenvalue weighted by Crippen LogP contribution is -2.46. The van der Waals surface area contributed by atoms with E-state index < -0.39 is 11.9 Å². The first-order valence-corrected chi connectivity index (χ1v) is 12.3. The van der Waals surface area contributed by atoms with E-state index >= 15 is 0 Å². The van der Waals surface area contributed by atoms with E-state index in [1.807, 2.05) is 30.3 Å². The Balaban J connectivity index is 1.62. The fourth-order valence-corrected chi connectivity index (χ4v) is 4.59. The van der Waals surface area contributed by atoms with Crippen molar-refractivity contribution in [3.05, 3.63) is 94.5 Å². The monoisotopic (exact) mass is 504 g/mol. The summed E-state index contributed by atoms with van der Waals surface area (Å²) in [6.07, 6.45) is 0.422. The number of anilines is 1. The topological polar surface area (TPSA) is 66.9 Å². The molecule has 0 N–H and O–H groups in total. The lowest BCUT2D eigenvalue weighted by molar-refractivity contribution is -0.122. The number of hydrogen-bond acceptors (Lipinski definition) is 4. The van der Waals surface area contributed by atoms with Crippen molar-refractivity contribution in [2.24, 2.45) is 0 Å². The first kappa shape index (κ1) is 25.5. The zero-order chi connectivity index (χ0) is 25.8. The molecule has 7 heteroatoms. The third kappa shape index (κ3) is 5.44. The normalized spacial score (nSPS) is 15.5. The fourth-order valence-electron chi connectivity index (χ4n) is 4.38. The van der Waals surface area contributed by atoms with Crippen LogP contribution in [0.4, 0.5) is 5.69 Å². The molecule has 36 heavy (non-hydrogen) atoms. The lowest BCUT2D eigenvalue weighted by Gasteiger charge is -2.28. The van der Waals surface area contributed by atoms with Gasteiger partial charge in [0.2, 0.25) is 5.91 Å². The van der Waals surface area contributed by atoms with Gasteiger partial charge in [0.05, 0.1) is 19.2 Å². The van der Waals surface area contributed by atoms with Crippen LogP contribution in [0.1, 0.15) is 47.7 Å². The smallest absolute Gasteiger partial charge is 0.257 e. The number of hydrogen-bond donors (Lipinski definition) is 0. The molecule has 3 aromatic rings. The molecule has 1 atom stereocenters. The second-order valence-electron chi connectivity index (χ2n) is 9.14. The minimum absolute atomic E-state index is 0.0673. The third-order valence-electron chi connectivity index (χ3n) is 6.45. The Labute approximate surface area is 216 Å². The number of imide groups is 1. The molecule has 0 aliphatic carbocycles. The third-order valence-corrected chi connectivity index (χ3v) is 6.68. The molecule has 0 saturated carbocycles. The number of nitrogens with zero attached hydrogens (tertiary/aromatic N) is 2. The number of ether oxygens (including phenoxy) is 1. The molecular weight excluding hydrogens is 476 g/mol. The summed E-state index contributed by atoms with van der Waals surface area (Å²) in [5.41, 5.74) is 2.99. The van der Waals surface area contributed by atoms with Gasteiger partial charge in [-0.2, -0.15) is 0 Å². The molecule has 1 aliphatic heterocycles. The molecule has 186 valence electrons. The van der Waals surface area contributed by atoms with E-state index in [9.17, 15) is 14.4 Å². The van der Waals surface area contributed by atoms with Gasteiger partial charge in [-0.05, 0) is 72.0 Å². The standard InChI is InChI=1S/C29H29ClN2O4/c1-19(2)21-7-11-24(12-8-21)32-27(33)18-26(29(32)35)31(16-15-20-5-4-6-23(30)17-20)28(34)22-9-13-25(36-3)14-10-22/h4-14,17,19,26H,15-16,18H2,1-3H3. The maximum atomic E-state index is 13.6. The Hall–Kier alpha value is -3.64. The summed E-state index contributed by atoms with van der Waals surface area (Å²) in [5, 5.41) is 0.601. The molecule has 4 rings (SSSR count). The molecule has 0 bridgehead atoms. The molecule has 3 amide bonds. The van der Waals surface area contributed by atoms with Gasteiger partial charge in [0.1, 0.15) is 11.8 Å². The minimum atomic E-state index is -0.893. The molecule has 1 aliphatic rings. The molecule has 1 saturated heterocycles. The molecule has 0 aromatic heterocycles. The predicted octanol–water partition coefficient (Wildman–Crippen LogP) is 5.49. The first-order valence-electron chi connectivity index (χ1n) is 11.9.